The fourth-order valence-electron chi connectivity index (χ4n) is 3.51. The summed E-state index contributed by atoms with van der Waals surface area (Å²) in [5, 5.41) is 9.14. The van der Waals surface area contributed by atoms with E-state index in [-0.39, 0.29) is 11.5 Å². The molecule has 1 amide bonds. The standard InChI is InChI=1S/C15H20N2O3/c1-20-15-10-16(7-12-5-3-2-4-6-12)8-13(15)9-17(11-15)14(18)19/h2-6,13H,7-11H2,1H3,(H,18,19). The zero-order valence-corrected chi connectivity index (χ0v) is 11.7. The topological polar surface area (TPSA) is 53.0 Å². The van der Waals surface area contributed by atoms with E-state index in [0.29, 0.717) is 13.1 Å². The summed E-state index contributed by atoms with van der Waals surface area (Å²) in [5.74, 6) is 0.271. The summed E-state index contributed by atoms with van der Waals surface area (Å²) in [5.41, 5.74) is 0.960. The molecule has 0 saturated carbocycles. The first kappa shape index (κ1) is 13.4. The van der Waals surface area contributed by atoms with Crippen molar-refractivity contribution in [1.82, 2.24) is 9.80 Å². The molecule has 0 radical (unpaired) electrons. The molecule has 108 valence electrons. The fraction of sp³-hybridized carbons (Fsp3) is 0.533. The van der Waals surface area contributed by atoms with E-state index >= 15 is 0 Å². The van der Waals surface area contributed by atoms with E-state index in [2.05, 4.69) is 17.0 Å². The molecule has 0 bridgehead atoms. The molecule has 0 aliphatic carbocycles. The van der Waals surface area contributed by atoms with Crippen LogP contribution in [0.1, 0.15) is 5.56 Å². The Hall–Kier alpha value is -1.59. The lowest BCUT2D eigenvalue weighted by Gasteiger charge is -2.27. The number of fused-ring (bicyclic) bond motifs is 1. The van der Waals surface area contributed by atoms with Crippen LogP contribution < -0.4 is 0 Å². The Morgan fingerprint density at radius 1 is 1.35 bits per heavy atom. The Balaban J connectivity index is 1.69. The van der Waals surface area contributed by atoms with Gasteiger partial charge in [-0.3, -0.25) is 4.90 Å². The van der Waals surface area contributed by atoms with Gasteiger partial charge in [-0.1, -0.05) is 30.3 Å². The predicted molar refractivity (Wildman–Crippen MR) is 74.5 cm³/mol. The van der Waals surface area contributed by atoms with Gasteiger partial charge in [-0.25, -0.2) is 4.79 Å². The first-order valence-corrected chi connectivity index (χ1v) is 6.92. The second kappa shape index (κ2) is 5.07. The maximum atomic E-state index is 11.1. The number of hydrogen-bond donors (Lipinski definition) is 1. The van der Waals surface area contributed by atoms with E-state index < -0.39 is 6.09 Å². The zero-order chi connectivity index (χ0) is 14.2. The molecule has 0 spiro atoms. The Kier molecular flexibility index (Phi) is 3.40. The van der Waals surface area contributed by atoms with Gasteiger partial charge in [-0.2, -0.15) is 0 Å². The predicted octanol–water partition coefficient (Wildman–Crippen LogP) is 1.50. The largest absolute Gasteiger partial charge is 0.465 e. The van der Waals surface area contributed by atoms with Crippen molar-refractivity contribution in [2.24, 2.45) is 5.92 Å². The normalized spacial score (nSPS) is 29.6. The van der Waals surface area contributed by atoms with E-state index in [4.69, 9.17) is 9.84 Å². The second-order valence-electron chi connectivity index (χ2n) is 5.78. The second-order valence-corrected chi connectivity index (χ2v) is 5.78. The number of carboxylic acid groups (broad SMARTS) is 1. The number of hydrogen-bond acceptors (Lipinski definition) is 3. The van der Waals surface area contributed by atoms with Gasteiger partial charge in [-0.05, 0) is 5.56 Å². The van der Waals surface area contributed by atoms with Crippen LogP contribution in [0.3, 0.4) is 0 Å². The van der Waals surface area contributed by atoms with Gasteiger partial charge in [0.1, 0.15) is 5.60 Å². The third-order valence-corrected chi connectivity index (χ3v) is 4.54. The van der Waals surface area contributed by atoms with Crippen LogP contribution >= 0.6 is 0 Å². The minimum Gasteiger partial charge on any atom is -0.465 e. The highest BCUT2D eigenvalue weighted by molar-refractivity contribution is 5.65. The van der Waals surface area contributed by atoms with Crippen LogP contribution in [0.15, 0.2) is 30.3 Å². The minimum atomic E-state index is -0.842. The van der Waals surface area contributed by atoms with E-state index in [0.717, 1.165) is 19.6 Å². The molecule has 2 fully saturated rings. The number of benzene rings is 1. The lowest BCUT2D eigenvalue weighted by molar-refractivity contribution is -0.0122. The van der Waals surface area contributed by atoms with Gasteiger partial charge in [0.05, 0.1) is 6.54 Å². The monoisotopic (exact) mass is 276 g/mol. The summed E-state index contributed by atoms with van der Waals surface area (Å²) >= 11 is 0. The maximum absolute atomic E-state index is 11.1. The molecule has 20 heavy (non-hydrogen) atoms. The minimum absolute atomic E-state index is 0.271. The Morgan fingerprint density at radius 2 is 2.10 bits per heavy atom. The molecule has 0 aromatic heterocycles. The van der Waals surface area contributed by atoms with E-state index in [9.17, 15) is 4.79 Å². The van der Waals surface area contributed by atoms with Crippen LogP contribution in [-0.4, -0.2) is 59.9 Å². The van der Waals surface area contributed by atoms with Crippen molar-refractivity contribution in [1.29, 1.82) is 0 Å². The Labute approximate surface area is 118 Å². The Bertz CT molecular complexity index is 493. The molecule has 2 unspecified atom stereocenters. The average Bonchev–Trinajstić information content (AvgIpc) is 2.94. The summed E-state index contributed by atoms with van der Waals surface area (Å²) in [6.07, 6.45) is -0.842. The maximum Gasteiger partial charge on any atom is 0.407 e. The quantitative estimate of drug-likeness (QED) is 0.909. The van der Waals surface area contributed by atoms with Gasteiger partial charge in [0, 0.05) is 39.2 Å². The van der Waals surface area contributed by atoms with E-state index in [1.54, 1.807) is 7.11 Å². The number of carbonyl (C=O) groups is 1. The molecule has 5 nitrogen and oxygen atoms in total. The first-order valence-electron chi connectivity index (χ1n) is 6.92. The third kappa shape index (κ3) is 2.27. The number of methoxy groups -OCH3 is 1. The van der Waals surface area contributed by atoms with Crippen molar-refractivity contribution < 1.29 is 14.6 Å². The number of likely N-dealkylation sites (tertiary alicyclic amines) is 2. The van der Waals surface area contributed by atoms with Crippen molar-refractivity contribution in [2.75, 3.05) is 33.3 Å². The molecule has 2 atom stereocenters. The number of ether oxygens (including phenoxy) is 1. The average molecular weight is 276 g/mol. The van der Waals surface area contributed by atoms with Crippen LogP contribution in [-0.2, 0) is 11.3 Å². The third-order valence-electron chi connectivity index (χ3n) is 4.54. The molecule has 1 N–H and O–H groups in total. The van der Waals surface area contributed by atoms with Gasteiger partial charge in [0.25, 0.3) is 0 Å². The molecule has 2 aliphatic heterocycles. The first-order chi connectivity index (χ1) is 9.63. The van der Waals surface area contributed by atoms with Crippen LogP contribution in [0.25, 0.3) is 0 Å². The fourth-order valence-corrected chi connectivity index (χ4v) is 3.51. The van der Waals surface area contributed by atoms with Gasteiger partial charge in [0.2, 0.25) is 0 Å². The highest BCUT2D eigenvalue weighted by Gasteiger charge is 2.54. The summed E-state index contributed by atoms with van der Waals surface area (Å²) in [7, 11) is 1.70. The van der Waals surface area contributed by atoms with Crippen molar-refractivity contribution in [3.05, 3.63) is 35.9 Å². The lowest BCUT2D eigenvalue weighted by atomic mass is 9.95. The highest BCUT2D eigenvalue weighted by atomic mass is 16.5. The molecule has 1 aromatic rings. The van der Waals surface area contributed by atoms with Gasteiger partial charge in [-0.15, -0.1) is 0 Å². The summed E-state index contributed by atoms with van der Waals surface area (Å²) in [6.45, 7) is 3.65. The van der Waals surface area contributed by atoms with Crippen LogP contribution in [0, 0.1) is 5.92 Å². The summed E-state index contributed by atoms with van der Waals surface area (Å²) in [6, 6.07) is 10.4. The smallest absolute Gasteiger partial charge is 0.407 e. The van der Waals surface area contributed by atoms with Gasteiger partial charge >= 0.3 is 6.09 Å². The Morgan fingerprint density at radius 3 is 2.70 bits per heavy atom. The van der Waals surface area contributed by atoms with Gasteiger partial charge in [0.15, 0.2) is 0 Å². The van der Waals surface area contributed by atoms with Crippen molar-refractivity contribution in [3.63, 3.8) is 0 Å². The molecule has 2 heterocycles. The van der Waals surface area contributed by atoms with Crippen LogP contribution in [0.5, 0.6) is 0 Å². The van der Waals surface area contributed by atoms with Crippen molar-refractivity contribution in [2.45, 2.75) is 12.1 Å². The van der Waals surface area contributed by atoms with Crippen molar-refractivity contribution in [3.8, 4) is 0 Å². The molecule has 5 heteroatoms. The summed E-state index contributed by atoms with van der Waals surface area (Å²) < 4.78 is 5.72. The zero-order valence-electron chi connectivity index (χ0n) is 11.7. The molecule has 2 saturated heterocycles. The van der Waals surface area contributed by atoms with E-state index in [1.807, 2.05) is 18.2 Å². The number of nitrogens with zero attached hydrogens (tertiary/aromatic N) is 2. The molecule has 2 aliphatic rings. The molecule has 3 rings (SSSR count). The molecular weight excluding hydrogens is 256 g/mol. The highest BCUT2D eigenvalue weighted by Crippen LogP contribution is 2.38. The summed E-state index contributed by atoms with van der Waals surface area (Å²) in [4.78, 5) is 15.0. The van der Waals surface area contributed by atoms with E-state index in [1.165, 1.54) is 10.5 Å². The number of rotatable bonds is 3. The molecule has 1 aromatic carbocycles. The molecular formula is C15H20N2O3. The van der Waals surface area contributed by atoms with Crippen LogP contribution in [0.4, 0.5) is 4.79 Å². The SMILES string of the molecule is COC12CN(Cc3ccccc3)CC1CN(C(=O)O)C2. The van der Waals surface area contributed by atoms with Crippen molar-refractivity contribution >= 4 is 6.09 Å². The lowest BCUT2D eigenvalue weighted by Crippen LogP contribution is -2.43. The van der Waals surface area contributed by atoms with Crippen LogP contribution in [0.2, 0.25) is 0 Å². The van der Waals surface area contributed by atoms with Gasteiger partial charge < -0.3 is 14.7 Å². The number of amides is 1.